The Bertz CT molecular complexity index is 286. The van der Waals surface area contributed by atoms with Crippen LogP contribution < -0.4 is 0 Å². The molecule has 0 saturated heterocycles. The maximum Gasteiger partial charge on any atom is 0.124 e. The van der Waals surface area contributed by atoms with Crippen LogP contribution in [0.2, 0.25) is 0 Å². The van der Waals surface area contributed by atoms with E-state index in [2.05, 4.69) is 15.9 Å². The fraction of sp³-hybridized carbons (Fsp3) is 0.400. The van der Waals surface area contributed by atoms with E-state index in [4.69, 9.17) is 5.11 Å². The molecule has 0 amide bonds. The summed E-state index contributed by atoms with van der Waals surface area (Å²) >= 11 is 3.23. The van der Waals surface area contributed by atoms with Crippen molar-refractivity contribution in [3.8, 4) is 0 Å². The van der Waals surface area contributed by atoms with Gasteiger partial charge in [0.25, 0.3) is 0 Å². The monoisotopic (exact) mass is 261 g/mol. The fourth-order valence-electron chi connectivity index (χ4n) is 1.26. The molecule has 2 nitrogen and oxygen atoms in total. The SMILES string of the molecule is CN(CCO)Cc1cc(F)cc(Br)c1. The summed E-state index contributed by atoms with van der Waals surface area (Å²) in [5.74, 6) is -0.244. The van der Waals surface area contributed by atoms with Crippen molar-refractivity contribution in [2.45, 2.75) is 6.54 Å². The Balaban J connectivity index is 2.66. The molecule has 0 aliphatic heterocycles. The van der Waals surface area contributed by atoms with Gasteiger partial charge >= 0.3 is 0 Å². The lowest BCUT2D eigenvalue weighted by molar-refractivity contribution is 0.217. The molecule has 0 bridgehead atoms. The number of aliphatic hydroxyl groups excluding tert-OH is 1. The first kappa shape index (κ1) is 11.6. The number of rotatable bonds is 4. The second kappa shape index (κ2) is 5.44. The van der Waals surface area contributed by atoms with E-state index in [-0.39, 0.29) is 12.4 Å². The van der Waals surface area contributed by atoms with Crippen molar-refractivity contribution in [2.24, 2.45) is 0 Å². The summed E-state index contributed by atoms with van der Waals surface area (Å²) in [6, 6.07) is 4.80. The molecule has 0 aliphatic rings. The van der Waals surface area contributed by atoms with Gasteiger partial charge in [-0.25, -0.2) is 4.39 Å². The maximum atomic E-state index is 13.0. The van der Waals surface area contributed by atoms with Gasteiger partial charge < -0.3 is 5.11 Å². The summed E-state index contributed by atoms with van der Waals surface area (Å²) in [5.41, 5.74) is 0.896. The van der Waals surface area contributed by atoms with Gasteiger partial charge in [-0.15, -0.1) is 0 Å². The zero-order chi connectivity index (χ0) is 10.6. The highest BCUT2D eigenvalue weighted by molar-refractivity contribution is 9.10. The second-order valence-electron chi connectivity index (χ2n) is 3.24. The van der Waals surface area contributed by atoms with E-state index in [1.54, 1.807) is 0 Å². The molecule has 0 saturated carbocycles. The number of halogens is 2. The highest BCUT2D eigenvalue weighted by atomic mass is 79.9. The molecule has 4 heteroatoms. The summed E-state index contributed by atoms with van der Waals surface area (Å²) in [6.07, 6.45) is 0. The highest BCUT2D eigenvalue weighted by Crippen LogP contribution is 2.15. The Hall–Kier alpha value is -0.450. The number of hydrogen-bond acceptors (Lipinski definition) is 2. The highest BCUT2D eigenvalue weighted by Gasteiger charge is 2.02. The van der Waals surface area contributed by atoms with Gasteiger partial charge in [-0.05, 0) is 30.8 Å². The largest absolute Gasteiger partial charge is 0.395 e. The Morgan fingerprint density at radius 2 is 2.14 bits per heavy atom. The van der Waals surface area contributed by atoms with E-state index in [1.165, 1.54) is 12.1 Å². The van der Waals surface area contributed by atoms with Gasteiger partial charge in [0.1, 0.15) is 5.82 Å². The Kier molecular flexibility index (Phi) is 4.51. The summed E-state index contributed by atoms with van der Waals surface area (Å²) < 4.78 is 13.7. The van der Waals surface area contributed by atoms with E-state index in [0.29, 0.717) is 13.1 Å². The molecule has 1 rings (SSSR count). The molecule has 1 aromatic carbocycles. The lowest BCUT2D eigenvalue weighted by Crippen LogP contribution is -2.21. The molecule has 1 aromatic rings. The van der Waals surface area contributed by atoms with Crippen LogP contribution in [0, 0.1) is 5.82 Å². The quantitative estimate of drug-likeness (QED) is 0.897. The minimum absolute atomic E-state index is 0.118. The number of aliphatic hydroxyl groups is 1. The van der Waals surface area contributed by atoms with E-state index in [0.717, 1.165) is 10.0 Å². The molecule has 78 valence electrons. The molecule has 0 aromatic heterocycles. The van der Waals surface area contributed by atoms with Crippen LogP contribution in [-0.2, 0) is 6.54 Å². The zero-order valence-electron chi connectivity index (χ0n) is 8.00. The minimum atomic E-state index is -0.244. The minimum Gasteiger partial charge on any atom is -0.395 e. The van der Waals surface area contributed by atoms with Crippen LogP contribution in [0.5, 0.6) is 0 Å². The zero-order valence-corrected chi connectivity index (χ0v) is 9.59. The summed E-state index contributed by atoms with van der Waals surface area (Å²) in [7, 11) is 1.88. The van der Waals surface area contributed by atoms with Gasteiger partial charge in [0, 0.05) is 17.6 Å². The number of likely N-dealkylation sites (N-methyl/N-ethyl adjacent to an activating group) is 1. The lowest BCUT2D eigenvalue weighted by atomic mass is 10.2. The molecule has 0 aliphatic carbocycles. The normalized spacial score (nSPS) is 10.9. The lowest BCUT2D eigenvalue weighted by Gasteiger charge is -2.15. The number of nitrogens with zero attached hydrogens (tertiary/aromatic N) is 1. The topological polar surface area (TPSA) is 23.5 Å². The van der Waals surface area contributed by atoms with Crippen molar-refractivity contribution in [1.29, 1.82) is 0 Å². The van der Waals surface area contributed by atoms with E-state index in [9.17, 15) is 4.39 Å². The van der Waals surface area contributed by atoms with E-state index in [1.807, 2.05) is 18.0 Å². The van der Waals surface area contributed by atoms with Crippen LogP contribution in [0.3, 0.4) is 0 Å². The Morgan fingerprint density at radius 1 is 1.43 bits per heavy atom. The first-order valence-electron chi connectivity index (χ1n) is 4.36. The third kappa shape index (κ3) is 3.74. The van der Waals surface area contributed by atoms with Crippen molar-refractivity contribution in [3.05, 3.63) is 34.1 Å². The van der Waals surface area contributed by atoms with E-state index >= 15 is 0 Å². The summed E-state index contributed by atoms with van der Waals surface area (Å²) in [6.45, 7) is 1.35. The van der Waals surface area contributed by atoms with Gasteiger partial charge in [0.05, 0.1) is 6.61 Å². The second-order valence-corrected chi connectivity index (χ2v) is 4.15. The predicted molar refractivity (Wildman–Crippen MR) is 57.5 cm³/mol. The van der Waals surface area contributed by atoms with Gasteiger partial charge in [0.2, 0.25) is 0 Å². The van der Waals surface area contributed by atoms with Crippen LogP contribution in [-0.4, -0.2) is 30.2 Å². The standard InChI is InChI=1S/C10H13BrFNO/c1-13(2-3-14)7-8-4-9(11)6-10(12)5-8/h4-6,14H,2-3,7H2,1H3. The first-order valence-corrected chi connectivity index (χ1v) is 5.15. The molecule has 0 spiro atoms. The van der Waals surface area contributed by atoms with Crippen molar-refractivity contribution >= 4 is 15.9 Å². The Morgan fingerprint density at radius 3 is 2.71 bits per heavy atom. The average molecular weight is 262 g/mol. The van der Waals surface area contributed by atoms with Crippen molar-refractivity contribution in [1.82, 2.24) is 4.90 Å². The Labute approximate surface area is 91.5 Å². The van der Waals surface area contributed by atoms with Gasteiger partial charge in [0.15, 0.2) is 0 Å². The van der Waals surface area contributed by atoms with Gasteiger partial charge in [-0.2, -0.15) is 0 Å². The van der Waals surface area contributed by atoms with Crippen molar-refractivity contribution < 1.29 is 9.50 Å². The van der Waals surface area contributed by atoms with Crippen LogP contribution in [0.25, 0.3) is 0 Å². The number of hydrogen-bond donors (Lipinski definition) is 1. The summed E-state index contributed by atoms with van der Waals surface area (Å²) in [4.78, 5) is 1.93. The van der Waals surface area contributed by atoms with Crippen molar-refractivity contribution in [3.63, 3.8) is 0 Å². The van der Waals surface area contributed by atoms with Crippen molar-refractivity contribution in [2.75, 3.05) is 20.2 Å². The molecule has 0 unspecified atom stereocenters. The molecule has 0 radical (unpaired) electrons. The number of benzene rings is 1. The molecule has 1 N–H and O–H groups in total. The van der Waals surface area contributed by atoms with E-state index < -0.39 is 0 Å². The third-order valence-electron chi connectivity index (χ3n) is 1.86. The van der Waals surface area contributed by atoms with Gasteiger partial charge in [-0.3, -0.25) is 4.90 Å². The van der Waals surface area contributed by atoms with Crippen LogP contribution in [0.15, 0.2) is 22.7 Å². The summed E-state index contributed by atoms with van der Waals surface area (Å²) in [5, 5.41) is 8.70. The maximum absolute atomic E-state index is 13.0. The molecule has 0 fully saturated rings. The average Bonchev–Trinajstić information content (AvgIpc) is 2.01. The molecule has 0 heterocycles. The molecular formula is C10H13BrFNO. The molecule has 14 heavy (non-hydrogen) atoms. The molecular weight excluding hydrogens is 249 g/mol. The third-order valence-corrected chi connectivity index (χ3v) is 2.31. The first-order chi connectivity index (χ1) is 6.61. The van der Waals surface area contributed by atoms with Crippen LogP contribution in [0.4, 0.5) is 4.39 Å². The fourth-order valence-corrected chi connectivity index (χ4v) is 1.78. The smallest absolute Gasteiger partial charge is 0.124 e. The van der Waals surface area contributed by atoms with Crippen LogP contribution >= 0.6 is 15.9 Å². The van der Waals surface area contributed by atoms with Crippen LogP contribution in [0.1, 0.15) is 5.56 Å². The predicted octanol–water partition coefficient (Wildman–Crippen LogP) is 2.01. The molecule has 0 atom stereocenters. The van der Waals surface area contributed by atoms with Gasteiger partial charge in [-0.1, -0.05) is 15.9 Å².